The van der Waals surface area contributed by atoms with Crippen molar-refractivity contribution in [2.24, 2.45) is 5.73 Å². The van der Waals surface area contributed by atoms with E-state index in [0.29, 0.717) is 6.04 Å². The van der Waals surface area contributed by atoms with Crippen molar-refractivity contribution in [3.63, 3.8) is 0 Å². The van der Waals surface area contributed by atoms with Crippen molar-refractivity contribution >= 4 is 11.6 Å². The molecule has 1 atom stereocenters. The summed E-state index contributed by atoms with van der Waals surface area (Å²) in [6, 6.07) is 7.15. The third-order valence-corrected chi connectivity index (χ3v) is 4.95. The molecule has 1 aromatic rings. The lowest BCUT2D eigenvalue weighted by Gasteiger charge is -2.43. The summed E-state index contributed by atoms with van der Waals surface area (Å²) < 4.78 is 13.0. The number of amides is 1. The van der Waals surface area contributed by atoms with Gasteiger partial charge in [0.05, 0.1) is 6.54 Å². The normalized spacial score (nSPS) is 23.1. The number of piperazine rings is 1. The molecule has 0 saturated carbocycles. The lowest BCUT2D eigenvalue weighted by Crippen LogP contribution is -2.56. The highest BCUT2D eigenvalue weighted by molar-refractivity contribution is 5.78. The second-order valence-electron chi connectivity index (χ2n) is 6.34. The molecule has 2 aliphatic heterocycles. The zero-order valence-electron chi connectivity index (χ0n) is 13.5. The minimum atomic E-state index is -0.195. The Morgan fingerprint density at radius 3 is 2.48 bits per heavy atom. The molecule has 5 nitrogen and oxygen atoms in total. The predicted octanol–water partition coefficient (Wildman–Crippen LogP) is 0.897. The Labute approximate surface area is 136 Å². The molecular formula is C17H25FN4O. The Bertz CT molecular complexity index is 528. The lowest BCUT2D eigenvalue weighted by atomic mass is 10.0. The van der Waals surface area contributed by atoms with Gasteiger partial charge in [-0.25, -0.2) is 4.39 Å². The van der Waals surface area contributed by atoms with Gasteiger partial charge in [0, 0.05) is 51.0 Å². The number of hydrogen-bond acceptors (Lipinski definition) is 4. The van der Waals surface area contributed by atoms with Crippen molar-refractivity contribution in [2.45, 2.75) is 18.9 Å². The van der Waals surface area contributed by atoms with Gasteiger partial charge >= 0.3 is 0 Å². The number of carbonyl (C=O) groups excluding carboxylic acids is 1. The zero-order chi connectivity index (χ0) is 16.2. The lowest BCUT2D eigenvalue weighted by molar-refractivity contribution is -0.131. The maximum Gasteiger partial charge on any atom is 0.236 e. The molecule has 0 aromatic heterocycles. The quantitative estimate of drug-likeness (QED) is 0.899. The topological polar surface area (TPSA) is 52.8 Å². The van der Waals surface area contributed by atoms with E-state index in [-0.39, 0.29) is 18.3 Å². The monoisotopic (exact) mass is 320 g/mol. The molecular weight excluding hydrogens is 295 g/mol. The largest absolute Gasteiger partial charge is 0.369 e. The third-order valence-electron chi connectivity index (χ3n) is 4.95. The van der Waals surface area contributed by atoms with Crippen LogP contribution >= 0.6 is 0 Å². The van der Waals surface area contributed by atoms with Crippen LogP contribution in [0.25, 0.3) is 0 Å². The van der Waals surface area contributed by atoms with E-state index in [0.717, 1.165) is 57.8 Å². The molecule has 1 unspecified atom stereocenters. The van der Waals surface area contributed by atoms with Gasteiger partial charge in [-0.3, -0.25) is 9.69 Å². The number of halogens is 1. The fraction of sp³-hybridized carbons (Fsp3) is 0.588. The summed E-state index contributed by atoms with van der Waals surface area (Å²) in [4.78, 5) is 18.5. The van der Waals surface area contributed by atoms with E-state index in [9.17, 15) is 9.18 Å². The Morgan fingerprint density at radius 2 is 1.83 bits per heavy atom. The maximum atomic E-state index is 13.0. The summed E-state index contributed by atoms with van der Waals surface area (Å²) in [5.41, 5.74) is 6.56. The molecule has 2 N–H and O–H groups in total. The van der Waals surface area contributed by atoms with E-state index in [1.807, 2.05) is 17.0 Å². The second kappa shape index (κ2) is 7.27. The zero-order valence-corrected chi connectivity index (χ0v) is 13.5. The van der Waals surface area contributed by atoms with Gasteiger partial charge in [0.25, 0.3) is 0 Å². The molecule has 0 spiro atoms. The first kappa shape index (κ1) is 16.2. The van der Waals surface area contributed by atoms with E-state index in [1.54, 1.807) is 0 Å². The van der Waals surface area contributed by atoms with Crippen molar-refractivity contribution in [1.29, 1.82) is 0 Å². The highest BCUT2D eigenvalue weighted by Gasteiger charge is 2.29. The van der Waals surface area contributed by atoms with E-state index >= 15 is 0 Å². The summed E-state index contributed by atoms with van der Waals surface area (Å²) in [5, 5.41) is 0. The molecule has 1 amide bonds. The highest BCUT2D eigenvalue weighted by atomic mass is 19.1. The van der Waals surface area contributed by atoms with Crippen molar-refractivity contribution < 1.29 is 9.18 Å². The fourth-order valence-electron chi connectivity index (χ4n) is 3.61. The van der Waals surface area contributed by atoms with E-state index in [2.05, 4.69) is 9.80 Å². The van der Waals surface area contributed by atoms with Gasteiger partial charge in [-0.15, -0.1) is 0 Å². The van der Waals surface area contributed by atoms with Crippen LogP contribution in [0.5, 0.6) is 0 Å². The first-order valence-electron chi connectivity index (χ1n) is 8.40. The molecule has 23 heavy (non-hydrogen) atoms. The van der Waals surface area contributed by atoms with Gasteiger partial charge in [0.1, 0.15) is 5.82 Å². The van der Waals surface area contributed by atoms with Crippen LogP contribution in [-0.2, 0) is 4.79 Å². The first-order chi connectivity index (χ1) is 11.2. The van der Waals surface area contributed by atoms with Gasteiger partial charge < -0.3 is 15.5 Å². The SMILES string of the molecule is NCC(=O)N1CCCC(N2CCN(c3ccc(F)cc3)CC2)C1. The number of anilines is 1. The average molecular weight is 320 g/mol. The van der Waals surface area contributed by atoms with E-state index < -0.39 is 0 Å². The Balaban J connectivity index is 1.54. The van der Waals surface area contributed by atoms with Crippen LogP contribution in [0.1, 0.15) is 12.8 Å². The first-order valence-corrected chi connectivity index (χ1v) is 8.40. The number of nitrogens with two attached hydrogens (primary N) is 1. The molecule has 1 aromatic carbocycles. The summed E-state index contributed by atoms with van der Waals surface area (Å²) in [6.45, 7) is 5.57. The summed E-state index contributed by atoms with van der Waals surface area (Å²) >= 11 is 0. The number of benzene rings is 1. The molecule has 3 rings (SSSR count). The number of carbonyl (C=O) groups is 1. The number of rotatable bonds is 3. The minimum Gasteiger partial charge on any atom is -0.369 e. The number of piperidine rings is 1. The molecule has 0 radical (unpaired) electrons. The Morgan fingerprint density at radius 1 is 1.13 bits per heavy atom. The standard InChI is InChI=1S/C17H25FN4O/c18-14-3-5-15(6-4-14)20-8-10-21(11-9-20)16-2-1-7-22(13-16)17(23)12-19/h3-6,16H,1-2,7-13,19H2. The van der Waals surface area contributed by atoms with Crippen LogP contribution in [-0.4, -0.2) is 67.6 Å². The summed E-state index contributed by atoms with van der Waals surface area (Å²) in [5.74, 6) is -0.140. The van der Waals surface area contributed by atoms with Crippen molar-refractivity contribution in [3.8, 4) is 0 Å². The number of likely N-dealkylation sites (tertiary alicyclic amines) is 1. The van der Waals surface area contributed by atoms with Crippen LogP contribution in [0, 0.1) is 5.82 Å². The molecule has 2 fully saturated rings. The smallest absolute Gasteiger partial charge is 0.236 e. The van der Waals surface area contributed by atoms with E-state index in [4.69, 9.17) is 5.73 Å². The van der Waals surface area contributed by atoms with E-state index in [1.165, 1.54) is 12.1 Å². The second-order valence-corrected chi connectivity index (χ2v) is 6.34. The van der Waals surface area contributed by atoms with Crippen molar-refractivity contribution in [2.75, 3.05) is 50.7 Å². The number of hydrogen-bond donors (Lipinski definition) is 1. The van der Waals surface area contributed by atoms with Crippen molar-refractivity contribution in [3.05, 3.63) is 30.1 Å². The van der Waals surface area contributed by atoms with Gasteiger partial charge in [-0.05, 0) is 37.1 Å². The van der Waals surface area contributed by atoms with Gasteiger partial charge in [-0.2, -0.15) is 0 Å². The molecule has 126 valence electrons. The molecule has 2 aliphatic rings. The molecule has 0 aliphatic carbocycles. The van der Waals surface area contributed by atoms with Gasteiger partial charge in [-0.1, -0.05) is 0 Å². The summed E-state index contributed by atoms with van der Waals surface area (Å²) in [6.07, 6.45) is 2.19. The maximum absolute atomic E-state index is 13.0. The van der Waals surface area contributed by atoms with Crippen LogP contribution in [0.2, 0.25) is 0 Å². The highest BCUT2D eigenvalue weighted by Crippen LogP contribution is 2.21. The van der Waals surface area contributed by atoms with Gasteiger partial charge in [0.2, 0.25) is 5.91 Å². The van der Waals surface area contributed by atoms with Crippen LogP contribution in [0.3, 0.4) is 0 Å². The van der Waals surface area contributed by atoms with Gasteiger partial charge in [0.15, 0.2) is 0 Å². The van der Waals surface area contributed by atoms with Crippen molar-refractivity contribution in [1.82, 2.24) is 9.80 Å². The number of nitrogens with zero attached hydrogens (tertiary/aromatic N) is 3. The van der Waals surface area contributed by atoms with Crippen LogP contribution in [0.4, 0.5) is 10.1 Å². The predicted molar refractivity (Wildman–Crippen MR) is 88.8 cm³/mol. The molecule has 0 bridgehead atoms. The fourth-order valence-corrected chi connectivity index (χ4v) is 3.61. The molecule has 6 heteroatoms. The molecule has 2 heterocycles. The Hall–Kier alpha value is -1.66. The molecule has 2 saturated heterocycles. The average Bonchev–Trinajstić information content (AvgIpc) is 2.62. The minimum absolute atomic E-state index is 0.0552. The van der Waals surface area contributed by atoms with Crippen LogP contribution < -0.4 is 10.6 Å². The third kappa shape index (κ3) is 3.82. The van der Waals surface area contributed by atoms with Crippen LogP contribution in [0.15, 0.2) is 24.3 Å². The summed E-state index contributed by atoms with van der Waals surface area (Å²) in [7, 11) is 0. The Kier molecular flexibility index (Phi) is 5.13.